The zero-order chi connectivity index (χ0) is 24.6. The molecule has 4 aliphatic rings. The Morgan fingerprint density at radius 1 is 1.03 bits per heavy atom. The molecule has 0 radical (unpaired) electrons. The lowest BCUT2D eigenvalue weighted by Gasteiger charge is -2.52. The molecule has 0 amide bonds. The van der Waals surface area contributed by atoms with Gasteiger partial charge < -0.3 is 19.4 Å². The first-order valence-corrected chi connectivity index (χ1v) is 14.4. The average molecular weight is 481 g/mol. The number of hydrogen-bond donors (Lipinski definition) is 2. The molecule has 1 saturated heterocycles. The molecular formula is C26H28O7Si. The van der Waals surface area contributed by atoms with Gasteiger partial charge in [0, 0.05) is 23.1 Å². The highest BCUT2D eigenvalue weighted by Gasteiger charge is 2.58. The van der Waals surface area contributed by atoms with Crippen LogP contribution in [0.4, 0.5) is 0 Å². The third-order valence-corrected chi connectivity index (χ3v) is 12.8. The average Bonchev–Trinajstić information content (AvgIpc) is 2.80. The molecule has 34 heavy (non-hydrogen) atoms. The van der Waals surface area contributed by atoms with Crippen molar-refractivity contribution < 1.29 is 33.8 Å². The van der Waals surface area contributed by atoms with Crippen molar-refractivity contribution in [3.8, 4) is 11.5 Å². The number of ketones is 2. The van der Waals surface area contributed by atoms with Crippen molar-refractivity contribution in [2.45, 2.75) is 69.9 Å². The zero-order valence-electron chi connectivity index (χ0n) is 19.7. The Morgan fingerprint density at radius 2 is 1.71 bits per heavy atom. The first kappa shape index (κ1) is 22.8. The summed E-state index contributed by atoms with van der Waals surface area (Å²) in [6.45, 7) is 8.29. The number of benzene rings is 2. The molecule has 2 aliphatic carbocycles. The highest BCUT2D eigenvalue weighted by molar-refractivity contribution is 6.73. The maximum Gasteiger partial charge on any atom is 0.316 e. The van der Waals surface area contributed by atoms with Gasteiger partial charge in [-0.15, -0.1) is 0 Å². The first-order valence-electron chi connectivity index (χ1n) is 11.8. The fourth-order valence-corrected chi connectivity index (χ4v) is 9.22. The highest BCUT2D eigenvalue weighted by atomic mass is 28.4. The summed E-state index contributed by atoms with van der Waals surface area (Å²) in [7, 11) is -2.10. The Hall–Kier alpha value is -2.97. The topological polar surface area (TPSA) is 110 Å². The van der Waals surface area contributed by atoms with Gasteiger partial charge in [0.2, 0.25) is 5.78 Å². The predicted octanol–water partition coefficient (Wildman–Crippen LogP) is 4.74. The molecule has 6 rings (SSSR count). The predicted molar refractivity (Wildman–Crippen MR) is 126 cm³/mol. The molecule has 0 unspecified atom stereocenters. The highest BCUT2D eigenvalue weighted by Crippen LogP contribution is 2.58. The molecule has 0 spiro atoms. The van der Waals surface area contributed by atoms with Crippen molar-refractivity contribution in [3.63, 3.8) is 0 Å². The zero-order valence-corrected chi connectivity index (χ0v) is 20.7. The standard InChI is InChI=1S/C26H28O7Si/c1-5-34(6-2,7-3)33-26(4)12-17-19-14(21(26)25(31)32-17)11-15-20(24(19)30)23(29)18-13(22(15)28)9-8-10-16(18)27/h8-11,17,21,27,30H,5-7,12H2,1-4H3/t17-,21+,26+/m1/s1. The number of ether oxygens (including phenoxy) is 1. The van der Waals surface area contributed by atoms with Crippen LogP contribution in [0.2, 0.25) is 18.1 Å². The van der Waals surface area contributed by atoms with Crippen LogP contribution in [0.15, 0.2) is 24.3 Å². The van der Waals surface area contributed by atoms with Crippen LogP contribution in [0.3, 0.4) is 0 Å². The Labute approximate surface area is 198 Å². The molecule has 2 aliphatic heterocycles. The second-order valence-electron chi connectivity index (χ2n) is 9.73. The maximum atomic E-state index is 13.3. The largest absolute Gasteiger partial charge is 0.507 e. The minimum absolute atomic E-state index is 0.0343. The fraction of sp³-hybridized carbons (Fsp3) is 0.423. The Morgan fingerprint density at radius 3 is 2.35 bits per heavy atom. The maximum absolute atomic E-state index is 13.3. The van der Waals surface area contributed by atoms with Crippen LogP contribution in [0.1, 0.15) is 89.1 Å². The van der Waals surface area contributed by atoms with Crippen LogP contribution in [-0.2, 0) is 14.0 Å². The summed E-state index contributed by atoms with van der Waals surface area (Å²) < 4.78 is 12.5. The van der Waals surface area contributed by atoms with E-state index in [1.165, 1.54) is 18.2 Å². The van der Waals surface area contributed by atoms with Crippen LogP contribution in [-0.4, -0.2) is 41.7 Å². The van der Waals surface area contributed by atoms with Gasteiger partial charge >= 0.3 is 5.97 Å². The molecular weight excluding hydrogens is 452 g/mol. The van der Waals surface area contributed by atoms with E-state index in [9.17, 15) is 24.6 Å². The molecule has 2 heterocycles. The van der Waals surface area contributed by atoms with E-state index in [0.717, 1.165) is 18.1 Å². The number of phenolic OH excluding ortho intramolecular Hbond substituents is 2. The van der Waals surface area contributed by atoms with Crippen molar-refractivity contribution in [3.05, 3.63) is 57.6 Å². The van der Waals surface area contributed by atoms with Gasteiger partial charge in [-0.3, -0.25) is 14.4 Å². The fourth-order valence-electron chi connectivity index (χ4n) is 6.09. The van der Waals surface area contributed by atoms with E-state index in [1.807, 2.05) is 6.92 Å². The molecule has 0 aromatic heterocycles. The van der Waals surface area contributed by atoms with E-state index in [-0.39, 0.29) is 33.8 Å². The summed E-state index contributed by atoms with van der Waals surface area (Å²) in [5, 5.41) is 21.5. The molecule has 2 aromatic rings. The van der Waals surface area contributed by atoms with Crippen molar-refractivity contribution in [1.82, 2.24) is 0 Å². The van der Waals surface area contributed by atoms with Gasteiger partial charge in [0.25, 0.3) is 0 Å². The Bertz CT molecular complexity index is 1250. The van der Waals surface area contributed by atoms with E-state index >= 15 is 0 Å². The second kappa shape index (κ2) is 7.51. The van der Waals surface area contributed by atoms with E-state index < -0.39 is 43.5 Å². The summed E-state index contributed by atoms with van der Waals surface area (Å²) in [6.07, 6.45) is -0.421. The quantitative estimate of drug-likeness (QED) is 0.401. The van der Waals surface area contributed by atoms with Gasteiger partial charge in [0.1, 0.15) is 23.5 Å². The SMILES string of the molecule is CC[Si](CC)(CC)O[C@@]1(C)C[C@H]2OC(=O)[C@@H]1c1cc3c(c(O)c12)C(=O)c1c(O)cccc1C3=O. The number of carbonyl (C=O) groups is 3. The minimum atomic E-state index is -2.10. The van der Waals surface area contributed by atoms with Crippen molar-refractivity contribution in [2.75, 3.05) is 0 Å². The molecule has 2 bridgehead atoms. The van der Waals surface area contributed by atoms with E-state index in [1.54, 1.807) is 6.07 Å². The van der Waals surface area contributed by atoms with Crippen LogP contribution < -0.4 is 0 Å². The molecule has 1 fully saturated rings. The lowest BCUT2D eigenvalue weighted by molar-refractivity contribution is -0.177. The monoisotopic (exact) mass is 480 g/mol. The number of fused-ring (bicyclic) bond motifs is 4. The van der Waals surface area contributed by atoms with E-state index in [2.05, 4.69) is 20.8 Å². The molecule has 3 atom stereocenters. The third-order valence-electron chi connectivity index (χ3n) is 8.07. The third kappa shape index (κ3) is 2.88. The first-order chi connectivity index (χ1) is 16.1. The Balaban J connectivity index is 1.70. The van der Waals surface area contributed by atoms with Crippen LogP contribution >= 0.6 is 0 Å². The Kier molecular flexibility index (Phi) is 5.04. The van der Waals surface area contributed by atoms with Crippen molar-refractivity contribution in [1.29, 1.82) is 0 Å². The summed E-state index contributed by atoms with van der Waals surface area (Å²) in [4.78, 5) is 39.7. The van der Waals surface area contributed by atoms with Gasteiger partial charge in [-0.05, 0) is 42.8 Å². The minimum Gasteiger partial charge on any atom is -0.507 e. The number of carbonyl (C=O) groups excluding carboxylic acids is 3. The smallest absolute Gasteiger partial charge is 0.316 e. The van der Waals surface area contributed by atoms with Gasteiger partial charge in [0.05, 0.1) is 16.7 Å². The van der Waals surface area contributed by atoms with Crippen LogP contribution in [0, 0.1) is 0 Å². The van der Waals surface area contributed by atoms with Gasteiger partial charge in [-0.25, -0.2) is 0 Å². The van der Waals surface area contributed by atoms with Crippen LogP contribution in [0.5, 0.6) is 11.5 Å². The van der Waals surface area contributed by atoms with Gasteiger partial charge in [0.15, 0.2) is 14.1 Å². The van der Waals surface area contributed by atoms with E-state index in [0.29, 0.717) is 17.5 Å². The number of hydrogen-bond acceptors (Lipinski definition) is 7. The summed E-state index contributed by atoms with van der Waals surface area (Å²) in [5.41, 5.74) is -0.140. The van der Waals surface area contributed by atoms with E-state index in [4.69, 9.17) is 9.16 Å². The van der Waals surface area contributed by atoms with Gasteiger partial charge in [-0.1, -0.05) is 32.9 Å². The number of esters is 1. The van der Waals surface area contributed by atoms with Crippen molar-refractivity contribution >= 4 is 25.9 Å². The summed E-state index contributed by atoms with van der Waals surface area (Å²) >= 11 is 0. The molecule has 7 nitrogen and oxygen atoms in total. The van der Waals surface area contributed by atoms with Crippen molar-refractivity contribution in [2.24, 2.45) is 0 Å². The number of rotatable bonds is 5. The summed E-state index contributed by atoms with van der Waals surface area (Å²) in [6, 6.07) is 8.61. The molecule has 8 heteroatoms. The molecule has 0 saturated carbocycles. The second-order valence-corrected chi connectivity index (χ2v) is 14.4. The molecule has 178 valence electrons. The summed E-state index contributed by atoms with van der Waals surface area (Å²) in [5.74, 6) is -3.01. The molecule has 2 N–H and O–H groups in total. The van der Waals surface area contributed by atoms with Gasteiger partial charge in [-0.2, -0.15) is 0 Å². The lowest BCUT2D eigenvalue weighted by Crippen LogP contribution is -2.56. The molecule has 2 aromatic carbocycles. The number of aromatic hydroxyl groups is 2. The lowest BCUT2D eigenvalue weighted by atomic mass is 9.67. The van der Waals surface area contributed by atoms with Crippen LogP contribution in [0.25, 0.3) is 0 Å². The normalized spacial score (nSPS) is 25.0. The number of phenols is 2.